The molecule has 11 atom stereocenters. The van der Waals surface area contributed by atoms with Gasteiger partial charge in [-0.25, -0.2) is 0 Å². The molecule has 0 bridgehead atoms. The van der Waals surface area contributed by atoms with Crippen LogP contribution in [0.2, 0.25) is 0 Å². The smallest absolute Gasteiger partial charge is 0.306 e. The molecular weight excluding hydrogens is 829 g/mol. The molecule has 0 aliphatic carbocycles. The van der Waals surface area contributed by atoms with E-state index in [-0.39, 0.29) is 26.1 Å². The van der Waals surface area contributed by atoms with Gasteiger partial charge in [0.15, 0.2) is 18.7 Å². The molecular formula is C49H90O15. The predicted octanol–water partition coefficient (Wildman–Crippen LogP) is 6.60. The lowest BCUT2D eigenvalue weighted by Crippen LogP contribution is -2.61. The first-order valence-electron chi connectivity index (χ1n) is 25.3. The minimum Gasteiger partial charge on any atom is -0.462 e. The highest BCUT2D eigenvalue weighted by Crippen LogP contribution is 2.26. The molecule has 2 fully saturated rings. The molecule has 64 heavy (non-hydrogen) atoms. The zero-order valence-electron chi connectivity index (χ0n) is 39.5. The number of hydrogen-bond donors (Lipinski definition) is 7. The number of allylic oxidation sites excluding steroid dienone is 2. The second kappa shape index (κ2) is 37.2. The number of aliphatic hydroxyl groups is 7. The summed E-state index contributed by atoms with van der Waals surface area (Å²) in [5.41, 5.74) is 0. The van der Waals surface area contributed by atoms with Crippen LogP contribution in [0.3, 0.4) is 0 Å². The van der Waals surface area contributed by atoms with Crippen molar-refractivity contribution in [1.82, 2.24) is 0 Å². The third-order valence-corrected chi connectivity index (χ3v) is 12.2. The molecule has 0 spiro atoms. The quantitative estimate of drug-likeness (QED) is 0.0196. The van der Waals surface area contributed by atoms with Gasteiger partial charge in [-0.2, -0.15) is 0 Å². The van der Waals surface area contributed by atoms with E-state index in [1.54, 1.807) is 0 Å². The van der Waals surface area contributed by atoms with E-state index in [0.717, 1.165) is 57.8 Å². The second-order valence-corrected chi connectivity index (χ2v) is 18.0. The average Bonchev–Trinajstić information content (AvgIpc) is 3.29. The largest absolute Gasteiger partial charge is 0.462 e. The molecule has 15 nitrogen and oxygen atoms in total. The van der Waals surface area contributed by atoms with E-state index in [1.165, 1.54) is 96.3 Å². The summed E-state index contributed by atoms with van der Waals surface area (Å²) in [6.07, 6.45) is 18.2. The normalized spacial score (nSPS) is 26.6. The van der Waals surface area contributed by atoms with Gasteiger partial charge in [0.25, 0.3) is 0 Å². The minimum absolute atomic E-state index is 0.159. The van der Waals surface area contributed by atoms with Crippen LogP contribution >= 0.6 is 0 Å². The van der Waals surface area contributed by atoms with Crippen molar-refractivity contribution in [3.05, 3.63) is 12.2 Å². The average molecular weight is 919 g/mol. The van der Waals surface area contributed by atoms with E-state index in [4.69, 9.17) is 28.4 Å². The van der Waals surface area contributed by atoms with Crippen molar-refractivity contribution < 1.29 is 73.8 Å². The number of unbranched alkanes of at least 4 members (excludes halogenated alkanes) is 23. The SMILES string of the molecule is CCCCC/C=C\CCCCCCCC(=O)OC(COC(=O)CCCCCCCCCCCCCCCCCC)COC1OC(COC2OC(CO)C(O)C(O)C2O)C(O)C(O)C1O. The third kappa shape index (κ3) is 25.4. The van der Waals surface area contributed by atoms with Crippen LogP contribution in [0.25, 0.3) is 0 Å². The minimum atomic E-state index is -1.76. The van der Waals surface area contributed by atoms with Gasteiger partial charge in [0.1, 0.15) is 55.4 Å². The maximum Gasteiger partial charge on any atom is 0.306 e. The number of rotatable bonds is 39. The van der Waals surface area contributed by atoms with Gasteiger partial charge in [-0.15, -0.1) is 0 Å². The molecule has 2 aliphatic rings. The van der Waals surface area contributed by atoms with Gasteiger partial charge in [-0.3, -0.25) is 9.59 Å². The molecule has 7 N–H and O–H groups in total. The number of hydrogen-bond acceptors (Lipinski definition) is 15. The van der Waals surface area contributed by atoms with E-state index < -0.39 is 92.7 Å². The van der Waals surface area contributed by atoms with Crippen molar-refractivity contribution in [2.24, 2.45) is 0 Å². The Kier molecular flexibility index (Phi) is 34.0. The Balaban J connectivity index is 1.81. The van der Waals surface area contributed by atoms with E-state index in [9.17, 15) is 45.3 Å². The molecule has 376 valence electrons. The van der Waals surface area contributed by atoms with E-state index in [0.29, 0.717) is 12.8 Å². The molecule has 0 aromatic heterocycles. The van der Waals surface area contributed by atoms with Crippen LogP contribution in [0, 0.1) is 0 Å². The standard InChI is InChI=1S/C49H90O15/c1-3-5-7-9-11-13-15-17-18-19-20-22-23-25-27-29-31-40(51)59-34-37(62-41(52)32-30-28-26-24-21-16-14-12-10-8-6-4-2)35-60-48-47(58)45(56)43(54)39(64-48)36-61-49-46(57)44(55)42(53)38(33-50)63-49/h12,14,37-39,42-50,53-58H,3-11,13,15-36H2,1-2H3/b14-12-. The highest BCUT2D eigenvalue weighted by Gasteiger charge is 2.47. The fraction of sp³-hybridized carbons (Fsp3) is 0.918. The number of ether oxygens (including phenoxy) is 6. The molecule has 11 unspecified atom stereocenters. The van der Waals surface area contributed by atoms with Crippen LogP contribution in [-0.4, -0.2) is 142 Å². The first-order chi connectivity index (χ1) is 31.0. The summed E-state index contributed by atoms with van der Waals surface area (Å²) in [4.78, 5) is 25.7. The maximum atomic E-state index is 13.0. The maximum absolute atomic E-state index is 13.0. The van der Waals surface area contributed by atoms with Crippen LogP contribution in [0.4, 0.5) is 0 Å². The van der Waals surface area contributed by atoms with Gasteiger partial charge in [-0.05, 0) is 38.5 Å². The number of esters is 2. The molecule has 0 radical (unpaired) electrons. The summed E-state index contributed by atoms with van der Waals surface area (Å²) in [5, 5.41) is 72.0. The Morgan fingerprint density at radius 3 is 1.41 bits per heavy atom. The fourth-order valence-electron chi connectivity index (χ4n) is 8.04. The van der Waals surface area contributed by atoms with Gasteiger partial charge in [0.2, 0.25) is 0 Å². The molecule has 0 amide bonds. The Morgan fingerprint density at radius 1 is 0.484 bits per heavy atom. The number of carbonyl (C=O) groups is 2. The third-order valence-electron chi connectivity index (χ3n) is 12.2. The van der Waals surface area contributed by atoms with Crippen LogP contribution in [-0.2, 0) is 38.0 Å². The zero-order chi connectivity index (χ0) is 46.8. The van der Waals surface area contributed by atoms with Crippen LogP contribution in [0.5, 0.6) is 0 Å². The van der Waals surface area contributed by atoms with Crippen LogP contribution in [0.1, 0.15) is 194 Å². The van der Waals surface area contributed by atoms with Gasteiger partial charge < -0.3 is 64.2 Å². The van der Waals surface area contributed by atoms with Gasteiger partial charge in [0, 0.05) is 12.8 Å². The summed E-state index contributed by atoms with van der Waals surface area (Å²) >= 11 is 0. The summed E-state index contributed by atoms with van der Waals surface area (Å²) in [6, 6.07) is 0. The highest BCUT2D eigenvalue weighted by atomic mass is 16.7. The number of carbonyl (C=O) groups excluding carboxylic acids is 2. The summed E-state index contributed by atoms with van der Waals surface area (Å²) in [7, 11) is 0. The van der Waals surface area contributed by atoms with Crippen molar-refractivity contribution in [2.75, 3.05) is 26.4 Å². The zero-order valence-corrected chi connectivity index (χ0v) is 39.5. The Hall–Kier alpha value is -1.76. The molecule has 0 saturated carbocycles. The lowest BCUT2D eigenvalue weighted by molar-refractivity contribution is -0.332. The monoisotopic (exact) mass is 919 g/mol. The lowest BCUT2D eigenvalue weighted by Gasteiger charge is -2.42. The van der Waals surface area contributed by atoms with Gasteiger partial charge >= 0.3 is 11.9 Å². The van der Waals surface area contributed by atoms with Crippen molar-refractivity contribution in [2.45, 2.75) is 261 Å². The Bertz CT molecular complexity index is 1170. The molecule has 0 aromatic rings. The van der Waals surface area contributed by atoms with Crippen molar-refractivity contribution in [1.29, 1.82) is 0 Å². The molecule has 2 saturated heterocycles. The van der Waals surface area contributed by atoms with Crippen molar-refractivity contribution in [3.63, 3.8) is 0 Å². The molecule has 2 rings (SSSR count). The number of aliphatic hydroxyl groups excluding tert-OH is 7. The lowest BCUT2D eigenvalue weighted by atomic mass is 9.98. The second-order valence-electron chi connectivity index (χ2n) is 18.0. The first-order valence-corrected chi connectivity index (χ1v) is 25.3. The first kappa shape index (κ1) is 58.4. The Morgan fingerprint density at radius 2 is 0.891 bits per heavy atom. The van der Waals surface area contributed by atoms with Crippen molar-refractivity contribution in [3.8, 4) is 0 Å². The van der Waals surface area contributed by atoms with Crippen molar-refractivity contribution >= 4 is 11.9 Å². The highest BCUT2D eigenvalue weighted by molar-refractivity contribution is 5.70. The summed E-state index contributed by atoms with van der Waals surface area (Å²) in [5.74, 6) is -0.927. The Labute approximate surface area is 384 Å². The molecule has 0 aromatic carbocycles. The van der Waals surface area contributed by atoms with E-state index in [1.807, 2.05) is 0 Å². The molecule has 15 heteroatoms. The topological polar surface area (TPSA) is 231 Å². The molecule has 2 aliphatic heterocycles. The molecule has 2 heterocycles. The van der Waals surface area contributed by atoms with Gasteiger partial charge in [0.05, 0.1) is 19.8 Å². The predicted molar refractivity (Wildman–Crippen MR) is 243 cm³/mol. The van der Waals surface area contributed by atoms with E-state index in [2.05, 4.69) is 26.0 Å². The summed E-state index contributed by atoms with van der Waals surface area (Å²) < 4.78 is 33.5. The van der Waals surface area contributed by atoms with E-state index >= 15 is 0 Å². The fourth-order valence-corrected chi connectivity index (χ4v) is 8.04. The van der Waals surface area contributed by atoms with Crippen LogP contribution in [0.15, 0.2) is 12.2 Å². The van der Waals surface area contributed by atoms with Crippen LogP contribution < -0.4 is 0 Å². The van der Waals surface area contributed by atoms with Gasteiger partial charge in [-0.1, -0.05) is 154 Å². The summed E-state index contributed by atoms with van der Waals surface area (Å²) in [6.45, 7) is 2.57.